The highest BCUT2D eigenvalue weighted by Crippen LogP contribution is 2.38. The molecule has 0 saturated carbocycles. The Kier molecular flexibility index (Phi) is 7.52. The zero-order valence-corrected chi connectivity index (χ0v) is 17.5. The molecule has 8 heteroatoms. The van der Waals surface area contributed by atoms with Gasteiger partial charge < -0.3 is 19.7 Å². The molecule has 1 aliphatic rings. The highest BCUT2D eigenvalue weighted by atomic mass is 35.5. The van der Waals surface area contributed by atoms with Crippen LogP contribution in [0.2, 0.25) is 5.02 Å². The van der Waals surface area contributed by atoms with Crippen molar-refractivity contribution in [2.45, 2.75) is 26.3 Å². The van der Waals surface area contributed by atoms with Gasteiger partial charge in [0.05, 0.1) is 31.2 Å². The van der Waals surface area contributed by atoms with Gasteiger partial charge in [-0.1, -0.05) is 23.7 Å². The lowest BCUT2D eigenvalue weighted by atomic mass is 10.1. The van der Waals surface area contributed by atoms with Crippen molar-refractivity contribution in [2.24, 2.45) is 0 Å². The van der Waals surface area contributed by atoms with Crippen LogP contribution < -0.4 is 14.8 Å². The van der Waals surface area contributed by atoms with Gasteiger partial charge in [0.15, 0.2) is 11.5 Å². The summed E-state index contributed by atoms with van der Waals surface area (Å²) < 4.78 is 24.2. The highest BCUT2D eigenvalue weighted by Gasteiger charge is 2.20. The number of fused-ring (bicyclic) bond motifs is 1. The fraction of sp³-hybridized carbons (Fsp3) is 0.364. The second-order valence-corrected chi connectivity index (χ2v) is 7.35. The Morgan fingerprint density at radius 1 is 1.13 bits per heavy atom. The summed E-state index contributed by atoms with van der Waals surface area (Å²) in [5.74, 6) is 0.217. The van der Waals surface area contributed by atoms with Gasteiger partial charge in [-0.2, -0.15) is 0 Å². The van der Waals surface area contributed by atoms with Crippen molar-refractivity contribution in [1.29, 1.82) is 0 Å². The Morgan fingerprint density at radius 2 is 1.87 bits per heavy atom. The Morgan fingerprint density at radius 3 is 2.60 bits per heavy atom. The molecule has 0 aromatic heterocycles. The Hall–Kier alpha value is -2.80. The number of amides is 2. The van der Waals surface area contributed by atoms with E-state index in [1.165, 1.54) is 17.0 Å². The molecule has 0 saturated heterocycles. The van der Waals surface area contributed by atoms with Gasteiger partial charge in [-0.05, 0) is 42.3 Å². The third-order valence-corrected chi connectivity index (χ3v) is 4.97. The van der Waals surface area contributed by atoms with Crippen molar-refractivity contribution in [3.8, 4) is 11.5 Å². The zero-order chi connectivity index (χ0) is 21.5. The van der Waals surface area contributed by atoms with Crippen LogP contribution in [0.3, 0.4) is 0 Å². The van der Waals surface area contributed by atoms with Crippen LogP contribution in [0.25, 0.3) is 0 Å². The first kappa shape index (κ1) is 21.9. The SMILES string of the molecule is CCN(CC(=O)NCc1ccc(F)cc1)C(=O)Cc1cc(Cl)c2c(c1)OCCCO2. The lowest BCUT2D eigenvalue weighted by Crippen LogP contribution is -2.41. The molecular weight excluding hydrogens is 411 g/mol. The molecule has 30 heavy (non-hydrogen) atoms. The van der Waals surface area contributed by atoms with Crippen LogP contribution in [0, 0.1) is 5.82 Å². The maximum Gasteiger partial charge on any atom is 0.239 e. The van der Waals surface area contributed by atoms with Crippen molar-refractivity contribution in [3.63, 3.8) is 0 Å². The minimum absolute atomic E-state index is 0.0607. The number of nitrogens with one attached hydrogen (secondary N) is 1. The number of ether oxygens (including phenoxy) is 2. The third-order valence-electron chi connectivity index (χ3n) is 4.69. The van der Waals surface area contributed by atoms with E-state index < -0.39 is 0 Å². The molecule has 0 bridgehead atoms. The molecule has 0 atom stereocenters. The predicted molar refractivity (Wildman–Crippen MR) is 111 cm³/mol. The van der Waals surface area contributed by atoms with Crippen molar-refractivity contribution in [3.05, 3.63) is 58.4 Å². The molecule has 0 unspecified atom stereocenters. The van der Waals surface area contributed by atoms with E-state index in [1.807, 2.05) is 6.92 Å². The van der Waals surface area contributed by atoms with E-state index in [-0.39, 0.29) is 37.1 Å². The summed E-state index contributed by atoms with van der Waals surface area (Å²) in [5.41, 5.74) is 1.47. The van der Waals surface area contributed by atoms with Gasteiger partial charge in [-0.15, -0.1) is 0 Å². The van der Waals surface area contributed by atoms with Crippen LogP contribution in [0.4, 0.5) is 4.39 Å². The Labute approximate surface area is 179 Å². The maximum atomic E-state index is 13.0. The first-order valence-electron chi connectivity index (χ1n) is 9.83. The monoisotopic (exact) mass is 434 g/mol. The maximum absolute atomic E-state index is 13.0. The molecule has 0 spiro atoms. The Bertz CT molecular complexity index is 905. The first-order chi connectivity index (χ1) is 14.5. The second-order valence-electron chi connectivity index (χ2n) is 6.94. The van der Waals surface area contributed by atoms with E-state index in [2.05, 4.69) is 5.32 Å². The number of hydrogen-bond donors (Lipinski definition) is 1. The largest absolute Gasteiger partial charge is 0.489 e. The van der Waals surface area contributed by atoms with Crippen molar-refractivity contribution >= 4 is 23.4 Å². The molecule has 0 radical (unpaired) electrons. The van der Waals surface area contributed by atoms with Gasteiger partial charge in [0.1, 0.15) is 5.82 Å². The van der Waals surface area contributed by atoms with E-state index in [1.54, 1.807) is 24.3 Å². The zero-order valence-electron chi connectivity index (χ0n) is 16.7. The Balaban J connectivity index is 1.57. The average Bonchev–Trinajstić information content (AvgIpc) is 2.97. The molecule has 6 nitrogen and oxygen atoms in total. The van der Waals surface area contributed by atoms with E-state index in [0.717, 1.165) is 12.0 Å². The van der Waals surface area contributed by atoms with Crippen LogP contribution in [0.1, 0.15) is 24.5 Å². The molecule has 2 aromatic carbocycles. The van der Waals surface area contributed by atoms with Crippen molar-refractivity contribution in [2.75, 3.05) is 26.3 Å². The fourth-order valence-corrected chi connectivity index (χ4v) is 3.37. The van der Waals surface area contributed by atoms with Crippen LogP contribution >= 0.6 is 11.6 Å². The normalized spacial score (nSPS) is 12.8. The first-order valence-corrected chi connectivity index (χ1v) is 10.2. The topological polar surface area (TPSA) is 67.9 Å². The van der Waals surface area contributed by atoms with Crippen LogP contribution in [-0.2, 0) is 22.6 Å². The number of hydrogen-bond acceptors (Lipinski definition) is 4. The molecule has 2 aromatic rings. The summed E-state index contributed by atoms with van der Waals surface area (Å²) in [6.45, 7) is 3.46. The van der Waals surface area contributed by atoms with Crippen LogP contribution in [-0.4, -0.2) is 43.0 Å². The minimum Gasteiger partial charge on any atom is -0.489 e. The quantitative estimate of drug-likeness (QED) is 0.725. The fourth-order valence-electron chi connectivity index (χ4n) is 3.08. The lowest BCUT2D eigenvalue weighted by molar-refractivity contribution is -0.135. The van der Waals surface area contributed by atoms with Gasteiger partial charge in [0.25, 0.3) is 0 Å². The lowest BCUT2D eigenvalue weighted by Gasteiger charge is -2.21. The molecular formula is C22H24ClFN2O4. The number of rotatable bonds is 7. The van der Waals surface area contributed by atoms with Gasteiger partial charge >= 0.3 is 0 Å². The van der Waals surface area contributed by atoms with Gasteiger partial charge in [-0.25, -0.2) is 4.39 Å². The molecule has 1 aliphatic heterocycles. The molecule has 0 aliphatic carbocycles. The summed E-state index contributed by atoms with van der Waals surface area (Å²) in [7, 11) is 0. The number of likely N-dealkylation sites (N-methyl/N-ethyl adjacent to an activating group) is 1. The number of halogens is 2. The van der Waals surface area contributed by atoms with Crippen molar-refractivity contribution in [1.82, 2.24) is 10.2 Å². The number of carbonyl (C=O) groups excluding carboxylic acids is 2. The molecule has 2 amide bonds. The smallest absolute Gasteiger partial charge is 0.239 e. The standard InChI is InChI=1S/C22H24ClFN2O4/c1-2-26(14-20(27)25-13-15-4-6-17(24)7-5-15)21(28)12-16-10-18(23)22-19(11-16)29-8-3-9-30-22/h4-7,10-11H,2-3,8-9,12-14H2,1H3,(H,25,27). The summed E-state index contributed by atoms with van der Waals surface area (Å²) >= 11 is 6.29. The molecule has 160 valence electrons. The molecule has 3 rings (SSSR count). The van der Waals surface area contributed by atoms with Gasteiger partial charge in [0, 0.05) is 19.5 Å². The van der Waals surface area contributed by atoms with Crippen molar-refractivity contribution < 1.29 is 23.5 Å². The molecule has 1 N–H and O–H groups in total. The summed E-state index contributed by atoms with van der Waals surface area (Å²) in [6.07, 6.45) is 0.853. The van der Waals surface area contributed by atoms with E-state index in [0.29, 0.717) is 41.8 Å². The predicted octanol–water partition coefficient (Wildman–Crippen LogP) is 3.35. The highest BCUT2D eigenvalue weighted by molar-refractivity contribution is 6.32. The number of benzene rings is 2. The summed E-state index contributed by atoms with van der Waals surface area (Å²) in [5, 5.41) is 3.15. The third kappa shape index (κ3) is 5.86. The van der Waals surface area contributed by atoms with E-state index >= 15 is 0 Å². The number of nitrogens with zero attached hydrogens (tertiary/aromatic N) is 1. The number of carbonyl (C=O) groups is 2. The second kappa shape index (κ2) is 10.3. The molecule has 1 heterocycles. The van der Waals surface area contributed by atoms with Crippen LogP contribution in [0.15, 0.2) is 36.4 Å². The van der Waals surface area contributed by atoms with Crippen LogP contribution in [0.5, 0.6) is 11.5 Å². The van der Waals surface area contributed by atoms with E-state index in [4.69, 9.17) is 21.1 Å². The average molecular weight is 435 g/mol. The van der Waals surface area contributed by atoms with Gasteiger partial charge in [-0.3, -0.25) is 9.59 Å². The summed E-state index contributed by atoms with van der Waals surface area (Å²) in [4.78, 5) is 26.5. The summed E-state index contributed by atoms with van der Waals surface area (Å²) in [6, 6.07) is 9.33. The van der Waals surface area contributed by atoms with Gasteiger partial charge in [0.2, 0.25) is 11.8 Å². The minimum atomic E-state index is -0.331. The molecule has 0 fully saturated rings. The van der Waals surface area contributed by atoms with E-state index in [9.17, 15) is 14.0 Å².